The van der Waals surface area contributed by atoms with Crippen LogP contribution in [-0.4, -0.2) is 50.2 Å². The molecule has 2 saturated heterocycles. The molecule has 0 N–H and O–H groups in total. The molecule has 0 aromatic carbocycles. The molecule has 1 saturated carbocycles. The molecular formula is C19H30N4O. The highest BCUT2D eigenvalue weighted by atomic mass is 16.2. The van der Waals surface area contributed by atoms with Crippen molar-refractivity contribution >= 4 is 5.91 Å². The summed E-state index contributed by atoms with van der Waals surface area (Å²) >= 11 is 0. The molecule has 1 amide bonds. The number of likely N-dealkylation sites (tertiary alicyclic amines) is 2. The van der Waals surface area contributed by atoms with Gasteiger partial charge in [-0.3, -0.25) is 14.4 Å². The highest BCUT2D eigenvalue weighted by molar-refractivity contribution is 5.80. The van der Waals surface area contributed by atoms with Crippen molar-refractivity contribution in [2.75, 3.05) is 13.1 Å². The van der Waals surface area contributed by atoms with Gasteiger partial charge in [-0.1, -0.05) is 6.92 Å². The summed E-state index contributed by atoms with van der Waals surface area (Å²) in [5.41, 5.74) is 1.38. The van der Waals surface area contributed by atoms with E-state index in [4.69, 9.17) is 0 Å². The molecule has 1 aromatic rings. The van der Waals surface area contributed by atoms with Crippen molar-refractivity contribution in [2.24, 2.45) is 13.0 Å². The average Bonchev–Trinajstić information content (AvgIpc) is 3.23. The summed E-state index contributed by atoms with van der Waals surface area (Å²) in [6.45, 7) is 5.41. The molecule has 2 aliphatic heterocycles. The summed E-state index contributed by atoms with van der Waals surface area (Å²) in [6, 6.07) is 0.483. The molecule has 1 spiro atoms. The van der Waals surface area contributed by atoms with Crippen LogP contribution in [0.15, 0.2) is 12.4 Å². The molecule has 1 aromatic heterocycles. The summed E-state index contributed by atoms with van der Waals surface area (Å²) in [6.07, 6.45) is 12.1. The third-order valence-corrected chi connectivity index (χ3v) is 6.39. The first-order valence-corrected chi connectivity index (χ1v) is 9.64. The van der Waals surface area contributed by atoms with Gasteiger partial charge >= 0.3 is 0 Å². The lowest BCUT2D eigenvalue weighted by molar-refractivity contribution is -0.135. The third-order valence-electron chi connectivity index (χ3n) is 6.39. The fraction of sp³-hybridized carbons (Fsp3) is 0.789. The second-order valence-electron chi connectivity index (χ2n) is 8.07. The maximum atomic E-state index is 12.6. The Morgan fingerprint density at radius 1 is 1.33 bits per heavy atom. The maximum Gasteiger partial charge on any atom is 0.223 e. The molecular weight excluding hydrogens is 300 g/mol. The number of hydrogen-bond donors (Lipinski definition) is 0. The number of aryl methyl sites for hydroxylation is 1. The SMILES string of the molecule is CC[C@@H]1N(Cc2cnn(C)c2)CCC[C@]12CCC(=O)N2CC1CC1. The number of aromatic nitrogens is 2. The van der Waals surface area contributed by atoms with Crippen LogP contribution in [0.4, 0.5) is 0 Å². The van der Waals surface area contributed by atoms with E-state index < -0.39 is 0 Å². The zero-order valence-electron chi connectivity index (χ0n) is 15.1. The van der Waals surface area contributed by atoms with Gasteiger partial charge in [-0.15, -0.1) is 0 Å². The molecule has 2 atom stereocenters. The lowest BCUT2D eigenvalue weighted by Gasteiger charge is -2.52. The van der Waals surface area contributed by atoms with Crippen molar-refractivity contribution in [1.29, 1.82) is 0 Å². The standard InChI is InChI=1S/C19H30N4O/c1-3-17-19(9-7-18(24)23(19)14-15-5-6-15)8-4-10-22(17)13-16-11-20-21(2)12-16/h11-12,15,17H,3-10,13-14H2,1-2H3/t17-,19-/m0/s1. The van der Waals surface area contributed by atoms with E-state index in [9.17, 15) is 4.79 Å². The average molecular weight is 330 g/mol. The van der Waals surface area contributed by atoms with Gasteiger partial charge in [0.15, 0.2) is 0 Å². The van der Waals surface area contributed by atoms with Gasteiger partial charge in [-0.25, -0.2) is 0 Å². The highest BCUT2D eigenvalue weighted by Gasteiger charge is 2.53. The molecule has 0 bridgehead atoms. The first kappa shape index (κ1) is 16.1. The van der Waals surface area contributed by atoms with Crippen molar-refractivity contribution < 1.29 is 4.79 Å². The van der Waals surface area contributed by atoms with Gasteiger partial charge in [0.05, 0.1) is 11.7 Å². The van der Waals surface area contributed by atoms with Crippen LogP contribution in [0, 0.1) is 5.92 Å². The molecule has 0 radical (unpaired) electrons. The van der Waals surface area contributed by atoms with Crippen LogP contribution < -0.4 is 0 Å². The second-order valence-corrected chi connectivity index (χ2v) is 8.07. The van der Waals surface area contributed by atoms with Crippen LogP contribution >= 0.6 is 0 Å². The predicted molar refractivity (Wildman–Crippen MR) is 93.3 cm³/mol. The van der Waals surface area contributed by atoms with Crippen molar-refractivity contribution in [1.82, 2.24) is 19.6 Å². The molecule has 4 rings (SSSR count). The predicted octanol–water partition coefficient (Wildman–Crippen LogP) is 2.57. The van der Waals surface area contributed by atoms with E-state index in [2.05, 4.69) is 28.0 Å². The van der Waals surface area contributed by atoms with Crippen LogP contribution in [0.3, 0.4) is 0 Å². The summed E-state index contributed by atoms with van der Waals surface area (Å²) < 4.78 is 1.88. The summed E-state index contributed by atoms with van der Waals surface area (Å²) in [7, 11) is 1.98. The number of hydrogen-bond acceptors (Lipinski definition) is 3. The molecule has 3 aliphatic rings. The van der Waals surface area contributed by atoms with Gasteiger partial charge in [0, 0.05) is 44.4 Å². The van der Waals surface area contributed by atoms with Crippen molar-refractivity contribution in [3.05, 3.63) is 18.0 Å². The number of carbonyl (C=O) groups excluding carboxylic acids is 1. The van der Waals surface area contributed by atoms with Crippen molar-refractivity contribution in [3.8, 4) is 0 Å². The van der Waals surface area contributed by atoms with Gasteiger partial charge in [-0.05, 0) is 51.0 Å². The third kappa shape index (κ3) is 2.77. The zero-order valence-corrected chi connectivity index (χ0v) is 15.1. The minimum atomic E-state index is 0.0921. The van der Waals surface area contributed by atoms with Gasteiger partial charge in [0.1, 0.15) is 0 Å². The Kier molecular flexibility index (Phi) is 4.15. The molecule has 5 heteroatoms. The number of rotatable bonds is 5. The lowest BCUT2D eigenvalue weighted by Crippen LogP contribution is -2.63. The Labute approximate surface area is 145 Å². The summed E-state index contributed by atoms with van der Waals surface area (Å²) in [5.74, 6) is 1.18. The molecule has 1 aliphatic carbocycles. The summed E-state index contributed by atoms with van der Waals surface area (Å²) in [5, 5.41) is 4.32. The smallest absolute Gasteiger partial charge is 0.223 e. The van der Waals surface area contributed by atoms with Crippen molar-refractivity contribution in [2.45, 2.75) is 70.0 Å². The van der Waals surface area contributed by atoms with E-state index >= 15 is 0 Å². The Hall–Kier alpha value is -1.36. The van der Waals surface area contributed by atoms with Crippen LogP contribution in [0.2, 0.25) is 0 Å². The van der Waals surface area contributed by atoms with Gasteiger partial charge in [0.2, 0.25) is 5.91 Å². The van der Waals surface area contributed by atoms with E-state index in [1.165, 1.54) is 31.2 Å². The Morgan fingerprint density at radius 2 is 2.17 bits per heavy atom. The zero-order chi connectivity index (χ0) is 16.7. The van der Waals surface area contributed by atoms with E-state index in [0.717, 1.165) is 44.8 Å². The molecule has 0 unspecified atom stereocenters. The number of carbonyl (C=O) groups is 1. The fourth-order valence-electron chi connectivity index (χ4n) is 5.16. The van der Waals surface area contributed by atoms with E-state index in [0.29, 0.717) is 11.9 Å². The second kappa shape index (κ2) is 6.17. The van der Waals surface area contributed by atoms with E-state index in [-0.39, 0.29) is 5.54 Å². The van der Waals surface area contributed by atoms with Crippen LogP contribution in [0.1, 0.15) is 57.4 Å². The molecule has 24 heavy (non-hydrogen) atoms. The molecule has 5 nitrogen and oxygen atoms in total. The van der Waals surface area contributed by atoms with Gasteiger partial charge in [-0.2, -0.15) is 5.10 Å². The van der Waals surface area contributed by atoms with Crippen LogP contribution in [0.25, 0.3) is 0 Å². The fourth-order valence-corrected chi connectivity index (χ4v) is 5.16. The first-order valence-electron chi connectivity index (χ1n) is 9.64. The monoisotopic (exact) mass is 330 g/mol. The Bertz CT molecular complexity index is 608. The van der Waals surface area contributed by atoms with E-state index in [1.54, 1.807) is 0 Å². The highest BCUT2D eigenvalue weighted by Crippen LogP contribution is 2.45. The topological polar surface area (TPSA) is 41.4 Å². The normalized spacial score (nSPS) is 31.3. The van der Waals surface area contributed by atoms with Gasteiger partial charge < -0.3 is 4.90 Å². The number of piperidine rings is 1. The number of nitrogens with zero attached hydrogens (tertiary/aromatic N) is 4. The van der Waals surface area contributed by atoms with Crippen LogP contribution in [-0.2, 0) is 18.4 Å². The largest absolute Gasteiger partial charge is 0.335 e. The quantitative estimate of drug-likeness (QED) is 0.833. The molecule has 3 fully saturated rings. The molecule has 3 heterocycles. The van der Waals surface area contributed by atoms with Crippen molar-refractivity contribution in [3.63, 3.8) is 0 Å². The Balaban J connectivity index is 1.58. The molecule has 132 valence electrons. The minimum Gasteiger partial charge on any atom is -0.335 e. The number of amides is 1. The van der Waals surface area contributed by atoms with Crippen LogP contribution in [0.5, 0.6) is 0 Å². The Morgan fingerprint density at radius 3 is 2.83 bits per heavy atom. The first-order chi connectivity index (χ1) is 11.6. The van der Waals surface area contributed by atoms with Gasteiger partial charge in [0.25, 0.3) is 0 Å². The maximum absolute atomic E-state index is 12.6. The minimum absolute atomic E-state index is 0.0921. The lowest BCUT2D eigenvalue weighted by atomic mass is 9.77. The summed E-state index contributed by atoms with van der Waals surface area (Å²) in [4.78, 5) is 17.6. The van der Waals surface area contributed by atoms with E-state index in [1.807, 2.05) is 17.9 Å².